The predicted octanol–water partition coefficient (Wildman–Crippen LogP) is 0.571. The van der Waals surface area contributed by atoms with E-state index in [2.05, 4.69) is 15.4 Å². The Kier molecular flexibility index (Phi) is 5.00. The molecule has 0 bridgehead atoms. The van der Waals surface area contributed by atoms with Gasteiger partial charge in [-0.2, -0.15) is 4.31 Å². The van der Waals surface area contributed by atoms with Crippen LogP contribution in [0.3, 0.4) is 0 Å². The summed E-state index contributed by atoms with van der Waals surface area (Å²) >= 11 is 0. The SMILES string of the molecule is CCC(CC)N(C)S(=O)(=O)c1cnc(NN)nc1. The van der Waals surface area contributed by atoms with Gasteiger partial charge in [0.2, 0.25) is 16.0 Å². The summed E-state index contributed by atoms with van der Waals surface area (Å²) in [6, 6.07) is -0.0256. The van der Waals surface area contributed by atoms with Crippen LogP contribution in [0.25, 0.3) is 0 Å². The molecule has 0 aliphatic rings. The van der Waals surface area contributed by atoms with Gasteiger partial charge < -0.3 is 0 Å². The number of hydrogen-bond donors (Lipinski definition) is 2. The molecule has 8 heteroatoms. The highest BCUT2D eigenvalue weighted by Crippen LogP contribution is 2.18. The fraction of sp³-hybridized carbons (Fsp3) is 0.600. The minimum atomic E-state index is -3.55. The zero-order valence-corrected chi connectivity index (χ0v) is 11.6. The maximum atomic E-state index is 12.3. The van der Waals surface area contributed by atoms with E-state index in [4.69, 9.17) is 5.84 Å². The van der Waals surface area contributed by atoms with E-state index in [1.54, 1.807) is 7.05 Å². The van der Waals surface area contributed by atoms with Crippen LogP contribution in [0.5, 0.6) is 0 Å². The molecule has 0 saturated heterocycles. The number of anilines is 1. The lowest BCUT2D eigenvalue weighted by molar-refractivity contribution is 0.349. The average Bonchev–Trinajstić information content (AvgIpc) is 2.40. The van der Waals surface area contributed by atoms with Crippen LogP contribution in [0.4, 0.5) is 5.95 Å². The van der Waals surface area contributed by atoms with Gasteiger partial charge in [-0.25, -0.2) is 24.2 Å². The van der Waals surface area contributed by atoms with Gasteiger partial charge in [-0.05, 0) is 12.8 Å². The van der Waals surface area contributed by atoms with Crippen LogP contribution >= 0.6 is 0 Å². The second-order valence-corrected chi connectivity index (χ2v) is 5.88. The van der Waals surface area contributed by atoms with Crippen LogP contribution in [0.1, 0.15) is 26.7 Å². The molecule has 102 valence electrons. The van der Waals surface area contributed by atoms with Crippen molar-refractivity contribution in [1.82, 2.24) is 14.3 Å². The number of aromatic nitrogens is 2. The molecule has 0 aliphatic heterocycles. The van der Waals surface area contributed by atoms with Crippen molar-refractivity contribution < 1.29 is 8.42 Å². The smallest absolute Gasteiger partial charge is 0.246 e. The molecule has 0 saturated carbocycles. The monoisotopic (exact) mass is 273 g/mol. The molecule has 1 heterocycles. The fourth-order valence-corrected chi connectivity index (χ4v) is 3.08. The summed E-state index contributed by atoms with van der Waals surface area (Å²) in [4.78, 5) is 7.67. The number of rotatable bonds is 6. The lowest BCUT2D eigenvalue weighted by Gasteiger charge is -2.25. The average molecular weight is 273 g/mol. The van der Waals surface area contributed by atoms with Crippen molar-refractivity contribution in [3.63, 3.8) is 0 Å². The zero-order valence-electron chi connectivity index (χ0n) is 10.8. The first kappa shape index (κ1) is 14.8. The highest BCUT2D eigenvalue weighted by Gasteiger charge is 2.26. The Bertz CT molecular complexity index is 470. The highest BCUT2D eigenvalue weighted by atomic mass is 32.2. The van der Waals surface area contributed by atoms with E-state index >= 15 is 0 Å². The van der Waals surface area contributed by atoms with E-state index in [1.807, 2.05) is 13.8 Å². The van der Waals surface area contributed by atoms with Crippen molar-refractivity contribution >= 4 is 16.0 Å². The molecule has 0 unspecified atom stereocenters. The van der Waals surface area contributed by atoms with Gasteiger partial charge in [0.25, 0.3) is 0 Å². The van der Waals surface area contributed by atoms with Crippen molar-refractivity contribution in [2.75, 3.05) is 12.5 Å². The molecule has 7 nitrogen and oxygen atoms in total. The molecule has 1 rings (SSSR count). The quantitative estimate of drug-likeness (QED) is 0.580. The number of sulfonamides is 1. The minimum Gasteiger partial charge on any atom is -0.292 e. The standard InChI is InChI=1S/C10H19N5O2S/c1-4-8(5-2)15(3)18(16,17)9-6-12-10(14-11)13-7-9/h6-8H,4-5,11H2,1-3H3,(H,12,13,14). The van der Waals surface area contributed by atoms with Gasteiger partial charge in [-0.1, -0.05) is 13.8 Å². The number of nitrogens with zero attached hydrogens (tertiary/aromatic N) is 3. The molecule has 0 amide bonds. The topological polar surface area (TPSA) is 101 Å². The Morgan fingerprint density at radius 1 is 1.33 bits per heavy atom. The van der Waals surface area contributed by atoms with Gasteiger partial charge in [0.1, 0.15) is 4.90 Å². The largest absolute Gasteiger partial charge is 0.292 e. The minimum absolute atomic E-state index is 0.0256. The highest BCUT2D eigenvalue weighted by molar-refractivity contribution is 7.89. The summed E-state index contributed by atoms with van der Waals surface area (Å²) in [6.07, 6.45) is 4.01. The summed E-state index contributed by atoms with van der Waals surface area (Å²) in [7, 11) is -1.98. The lowest BCUT2D eigenvalue weighted by atomic mass is 10.2. The first-order chi connectivity index (χ1) is 8.47. The van der Waals surface area contributed by atoms with E-state index in [-0.39, 0.29) is 16.9 Å². The number of hydrogen-bond acceptors (Lipinski definition) is 6. The molecule has 0 atom stereocenters. The third-order valence-electron chi connectivity index (χ3n) is 2.89. The predicted molar refractivity (Wildman–Crippen MR) is 69.2 cm³/mol. The molecule has 0 aliphatic carbocycles. The van der Waals surface area contributed by atoms with Gasteiger partial charge in [0.05, 0.1) is 12.4 Å². The molecule has 1 aromatic rings. The number of nitrogen functional groups attached to an aromatic ring is 1. The number of nitrogens with two attached hydrogens (primary N) is 1. The van der Waals surface area contributed by atoms with Crippen LogP contribution in [0.15, 0.2) is 17.3 Å². The summed E-state index contributed by atoms with van der Waals surface area (Å²) in [5.41, 5.74) is 2.25. The third kappa shape index (κ3) is 2.95. The summed E-state index contributed by atoms with van der Waals surface area (Å²) in [5.74, 6) is 5.30. The Hall–Kier alpha value is -1.25. The van der Waals surface area contributed by atoms with Crippen molar-refractivity contribution in [1.29, 1.82) is 0 Å². The molecule has 0 radical (unpaired) electrons. The van der Waals surface area contributed by atoms with Gasteiger partial charge in [-0.3, -0.25) is 5.43 Å². The molecule has 0 spiro atoms. The molecule has 0 fully saturated rings. The van der Waals surface area contributed by atoms with Gasteiger partial charge in [-0.15, -0.1) is 0 Å². The summed E-state index contributed by atoms with van der Waals surface area (Å²) in [5, 5.41) is 0. The van der Waals surface area contributed by atoms with Crippen LogP contribution < -0.4 is 11.3 Å². The molecular formula is C10H19N5O2S. The maximum absolute atomic E-state index is 12.3. The fourth-order valence-electron chi connectivity index (χ4n) is 1.69. The van der Waals surface area contributed by atoms with Crippen molar-refractivity contribution in [3.8, 4) is 0 Å². The maximum Gasteiger partial charge on any atom is 0.246 e. The second-order valence-electron chi connectivity index (χ2n) is 3.88. The first-order valence-electron chi connectivity index (χ1n) is 5.74. The van der Waals surface area contributed by atoms with Crippen LogP contribution in [0.2, 0.25) is 0 Å². The first-order valence-corrected chi connectivity index (χ1v) is 7.18. The molecule has 0 aromatic carbocycles. The van der Waals surface area contributed by atoms with Gasteiger partial charge >= 0.3 is 0 Å². The van der Waals surface area contributed by atoms with Crippen molar-refractivity contribution in [2.24, 2.45) is 5.84 Å². The van der Waals surface area contributed by atoms with Crippen LogP contribution in [0, 0.1) is 0 Å². The molecule has 1 aromatic heterocycles. The van der Waals surface area contributed by atoms with Gasteiger partial charge in [0, 0.05) is 13.1 Å². The van der Waals surface area contributed by atoms with Crippen LogP contribution in [-0.2, 0) is 10.0 Å². The molecular weight excluding hydrogens is 254 g/mol. The third-order valence-corrected chi connectivity index (χ3v) is 4.75. The van der Waals surface area contributed by atoms with E-state index in [0.29, 0.717) is 0 Å². The summed E-state index contributed by atoms with van der Waals surface area (Å²) < 4.78 is 25.9. The number of hydrazine groups is 1. The molecule has 3 N–H and O–H groups in total. The van der Waals surface area contributed by atoms with Gasteiger partial charge in [0.15, 0.2) is 0 Å². The Balaban J connectivity index is 3.04. The van der Waals surface area contributed by atoms with E-state index in [1.165, 1.54) is 16.7 Å². The van der Waals surface area contributed by atoms with Crippen molar-refractivity contribution in [3.05, 3.63) is 12.4 Å². The van der Waals surface area contributed by atoms with Crippen LogP contribution in [-0.4, -0.2) is 35.8 Å². The van der Waals surface area contributed by atoms with Crippen molar-refractivity contribution in [2.45, 2.75) is 37.6 Å². The van der Waals surface area contributed by atoms with E-state index in [0.717, 1.165) is 12.8 Å². The Morgan fingerprint density at radius 2 is 1.83 bits per heavy atom. The normalized spacial score (nSPS) is 12.1. The zero-order chi connectivity index (χ0) is 13.8. The molecule has 18 heavy (non-hydrogen) atoms. The van der Waals surface area contributed by atoms with E-state index < -0.39 is 10.0 Å². The lowest BCUT2D eigenvalue weighted by Crippen LogP contribution is -2.36. The second kappa shape index (κ2) is 6.07. The Morgan fingerprint density at radius 3 is 2.22 bits per heavy atom. The van der Waals surface area contributed by atoms with E-state index in [9.17, 15) is 8.42 Å². The Labute approximate surface area is 107 Å². The number of nitrogens with one attached hydrogen (secondary N) is 1. The summed E-state index contributed by atoms with van der Waals surface area (Å²) in [6.45, 7) is 3.91.